The Kier molecular flexibility index (Phi) is 5.89. The van der Waals surface area contributed by atoms with E-state index >= 15 is 0 Å². The molecule has 0 unspecified atom stereocenters. The van der Waals surface area contributed by atoms with Gasteiger partial charge in [-0.25, -0.2) is 14.3 Å². The highest BCUT2D eigenvalue weighted by molar-refractivity contribution is 6.34. The van der Waals surface area contributed by atoms with Crippen LogP contribution in [0.4, 0.5) is 16.3 Å². The molecule has 2 amide bonds. The monoisotopic (exact) mass is 494 g/mol. The molecule has 0 spiro atoms. The number of rotatable bonds is 5. The van der Waals surface area contributed by atoms with Gasteiger partial charge in [0, 0.05) is 16.5 Å². The van der Waals surface area contributed by atoms with Gasteiger partial charge in [-0.05, 0) is 73.9 Å². The number of carbonyl (C=O) groups is 2. The van der Waals surface area contributed by atoms with Gasteiger partial charge >= 0.3 is 12.0 Å². The van der Waals surface area contributed by atoms with Crippen molar-refractivity contribution in [2.24, 2.45) is 0 Å². The SMILES string of the molecule is O=C(O)c1ccc(NC(=O)N(c2c3ccccc3nn2-c2ccc(Cl)cc2)C2CCC2)c(Cl)c1. The number of benzene rings is 3. The predicted octanol–water partition coefficient (Wildman–Crippen LogP) is 6.62. The second-order valence-corrected chi connectivity index (χ2v) is 8.96. The first kappa shape index (κ1) is 22.3. The fourth-order valence-electron chi connectivity index (χ4n) is 4.02. The van der Waals surface area contributed by atoms with Gasteiger partial charge in [-0.3, -0.25) is 4.90 Å². The molecule has 7 nitrogen and oxygen atoms in total. The van der Waals surface area contributed by atoms with Crippen LogP contribution in [0.3, 0.4) is 0 Å². The van der Waals surface area contributed by atoms with Gasteiger partial charge < -0.3 is 10.4 Å². The van der Waals surface area contributed by atoms with E-state index in [0.29, 0.717) is 16.5 Å². The van der Waals surface area contributed by atoms with Gasteiger partial charge in [-0.2, -0.15) is 5.10 Å². The Morgan fingerprint density at radius 3 is 2.41 bits per heavy atom. The highest BCUT2D eigenvalue weighted by atomic mass is 35.5. The molecule has 1 aromatic heterocycles. The third-order valence-electron chi connectivity index (χ3n) is 5.97. The van der Waals surface area contributed by atoms with E-state index in [9.17, 15) is 14.7 Å². The van der Waals surface area contributed by atoms with E-state index in [4.69, 9.17) is 28.3 Å². The average molecular weight is 495 g/mol. The number of halogens is 2. The number of anilines is 2. The first-order chi connectivity index (χ1) is 16.4. The molecule has 9 heteroatoms. The van der Waals surface area contributed by atoms with Crippen molar-refractivity contribution in [2.75, 3.05) is 10.2 Å². The van der Waals surface area contributed by atoms with E-state index in [1.165, 1.54) is 18.2 Å². The van der Waals surface area contributed by atoms with E-state index in [1.54, 1.807) is 21.7 Å². The molecule has 0 radical (unpaired) electrons. The Balaban J connectivity index is 1.60. The molecule has 172 valence electrons. The molecule has 34 heavy (non-hydrogen) atoms. The topological polar surface area (TPSA) is 87.5 Å². The summed E-state index contributed by atoms with van der Waals surface area (Å²) in [5.74, 6) is -0.437. The van der Waals surface area contributed by atoms with Gasteiger partial charge in [0.2, 0.25) is 0 Å². The molecule has 1 heterocycles. The molecular weight excluding hydrogens is 475 g/mol. The lowest BCUT2D eigenvalue weighted by molar-refractivity contribution is 0.0697. The second kappa shape index (κ2) is 9.00. The number of amides is 2. The largest absolute Gasteiger partial charge is 0.478 e. The second-order valence-electron chi connectivity index (χ2n) is 8.11. The molecule has 2 N–H and O–H groups in total. The predicted molar refractivity (Wildman–Crippen MR) is 134 cm³/mol. The standard InChI is InChI=1S/C25H20Cl2N4O3/c26-16-9-11-18(12-10-16)31-23(19-6-1-2-7-21(19)29-31)30(17-4-3-5-17)25(34)28-22-13-8-15(24(32)33)14-20(22)27/h1-2,6-14,17H,3-5H2,(H,28,34)(H,32,33). The number of urea groups is 1. The number of nitrogens with zero attached hydrogens (tertiary/aromatic N) is 3. The molecule has 0 aliphatic heterocycles. The lowest BCUT2D eigenvalue weighted by atomic mass is 9.91. The smallest absolute Gasteiger partial charge is 0.335 e. The van der Waals surface area contributed by atoms with E-state index in [0.717, 1.165) is 35.9 Å². The van der Waals surface area contributed by atoms with E-state index in [2.05, 4.69) is 5.32 Å². The number of carboxylic acids is 1. The van der Waals surface area contributed by atoms with Crippen LogP contribution in [0.5, 0.6) is 0 Å². The minimum absolute atomic E-state index is 0.0109. The molecule has 1 saturated carbocycles. The summed E-state index contributed by atoms with van der Waals surface area (Å²) in [7, 11) is 0. The van der Waals surface area contributed by atoms with Gasteiger partial charge in [-0.1, -0.05) is 35.3 Å². The van der Waals surface area contributed by atoms with Crippen LogP contribution in [-0.4, -0.2) is 32.9 Å². The summed E-state index contributed by atoms with van der Waals surface area (Å²) < 4.78 is 1.76. The zero-order chi connectivity index (χ0) is 23.8. The summed E-state index contributed by atoms with van der Waals surface area (Å²) in [6.07, 6.45) is 2.74. The maximum Gasteiger partial charge on any atom is 0.335 e. The van der Waals surface area contributed by atoms with Crippen LogP contribution >= 0.6 is 23.2 Å². The number of aromatic carboxylic acids is 1. The third-order valence-corrected chi connectivity index (χ3v) is 6.53. The summed E-state index contributed by atoms with van der Waals surface area (Å²) in [4.78, 5) is 26.6. The maximum absolute atomic E-state index is 13.7. The Morgan fingerprint density at radius 1 is 1.03 bits per heavy atom. The van der Waals surface area contributed by atoms with Crippen LogP contribution in [0.2, 0.25) is 10.0 Å². The molecule has 4 aromatic rings. The maximum atomic E-state index is 13.7. The summed E-state index contributed by atoms with van der Waals surface area (Å²) in [6, 6.07) is 18.8. The Bertz CT molecular complexity index is 1400. The fourth-order valence-corrected chi connectivity index (χ4v) is 4.37. The molecule has 1 aliphatic carbocycles. The van der Waals surface area contributed by atoms with Crippen molar-refractivity contribution in [3.8, 4) is 5.69 Å². The van der Waals surface area contributed by atoms with Gasteiger partial charge in [-0.15, -0.1) is 0 Å². The Hall–Kier alpha value is -3.55. The van der Waals surface area contributed by atoms with Crippen molar-refractivity contribution in [3.63, 3.8) is 0 Å². The van der Waals surface area contributed by atoms with Crippen LogP contribution in [-0.2, 0) is 0 Å². The first-order valence-electron chi connectivity index (χ1n) is 10.8. The van der Waals surface area contributed by atoms with Crippen molar-refractivity contribution >= 4 is 57.6 Å². The third kappa shape index (κ3) is 4.08. The van der Waals surface area contributed by atoms with E-state index in [-0.39, 0.29) is 22.7 Å². The quantitative estimate of drug-likeness (QED) is 0.326. The number of hydrogen-bond acceptors (Lipinski definition) is 3. The van der Waals surface area contributed by atoms with Crippen LogP contribution in [0, 0.1) is 0 Å². The minimum Gasteiger partial charge on any atom is -0.478 e. The van der Waals surface area contributed by atoms with E-state index in [1.807, 2.05) is 36.4 Å². The Labute approximate surface area is 205 Å². The zero-order valence-electron chi connectivity index (χ0n) is 17.9. The number of aromatic nitrogens is 2. The fraction of sp³-hybridized carbons (Fsp3) is 0.160. The molecule has 1 fully saturated rings. The number of carboxylic acid groups (broad SMARTS) is 1. The molecule has 0 bridgehead atoms. The van der Waals surface area contributed by atoms with Crippen molar-refractivity contribution in [1.82, 2.24) is 9.78 Å². The number of hydrogen-bond donors (Lipinski definition) is 2. The van der Waals surface area contributed by atoms with Gasteiger partial charge in [0.25, 0.3) is 0 Å². The summed E-state index contributed by atoms with van der Waals surface area (Å²) in [5.41, 5.74) is 1.92. The zero-order valence-corrected chi connectivity index (χ0v) is 19.4. The first-order valence-corrected chi connectivity index (χ1v) is 11.5. The van der Waals surface area contributed by atoms with Crippen molar-refractivity contribution in [3.05, 3.63) is 82.3 Å². The van der Waals surface area contributed by atoms with Crippen molar-refractivity contribution in [2.45, 2.75) is 25.3 Å². The average Bonchev–Trinajstić information content (AvgIpc) is 3.16. The number of carbonyl (C=O) groups excluding carboxylic acids is 1. The minimum atomic E-state index is -1.09. The van der Waals surface area contributed by atoms with Crippen LogP contribution in [0.1, 0.15) is 29.6 Å². The van der Waals surface area contributed by atoms with Gasteiger partial charge in [0.1, 0.15) is 5.82 Å². The van der Waals surface area contributed by atoms with Crippen molar-refractivity contribution < 1.29 is 14.7 Å². The highest BCUT2D eigenvalue weighted by Gasteiger charge is 2.34. The normalized spacial score (nSPS) is 13.5. The summed E-state index contributed by atoms with van der Waals surface area (Å²) in [6.45, 7) is 0. The van der Waals surface area contributed by atoms with Crippen LogP contribution < -0.4 is 10.2 Å². The van der Waals surface area contributed by atoms with Crippen molar-refractivity contribution in [1.29, 1.82) is 0 Å². The molecule has 0 saturated heterocycles. The molecular formula is C25H20Cl2N4O3. The lowest BCUT2D eigenvalue weighted by Crippen LogP contribution is -2.47. The van der Waals surface area contributed by atoms with E-state index < -0.39 is 5.97 Å². The van der Waals surface area contributed by atoms with Gasteiger partial charge in [0.05, 0.1) is 27.5 Å². The summed E-state index contributed by atoms with van der Waals surface area (Å²) >= 11 is 12.4. The number of fused-ring (bicyclic) bond motifs is 1. The molecule has 1 aliphatic rings. The highest BCUT2D eigenvalue weighted by Crippen LogP contribution is 2.37. The number of nitrogens with one attached hydrogen (secondary N) is 1. The molecule has 3 aromatic carbocycles. The summed E-state index contributed by atoms with van der Waals surface area (Å²) in [5, 5.41) is 18.4. The van der Waals surface area contributed by atoms with Crippen LogP contribution in [0.15, 0.2) is 66.7 Å². The van der Waals surface area contributed by atoms with Crippen LogP contribution in [0.25, 0.3) is 16.6 Å². The Morgan fingerprint density at radius 2 is 1.76 bits per heavy atom. The lowest BCUT2D eigenvalue weighted by Gasteiger charge is -2.37. The van der Waals surface area contributed by atoms with Gasteiger partial charge in [0.15, 0.2) is 0 Å². The molecule has 0 atom stereocenters. The molecule has 5 rings (SSSR count).